The molecular formula is C34H39FN2O3. The van der Waals surface area contributed by atoms with Gasteiger partial charge in [0.2, 0.25) is 5.91 Å². The maximum Gasteiger partial charge on any atom is 0.330 e. The normalized spacial score (nSPS) is 18.9. The number of anilines is 2. The molecular weight excluding hydrogens is 503 g/mol. The molecule has 1 aliphatic rings. The number of halogens is 1. The van der Waals surface area contributed by atoms with Gasteiger partial charge in [-0.1, -0.05) is 56.7 Å². The Morgan fingerprint density at radius 1 is 0.925 bits per heavy atom. The summed E-state index contributed by atoms with van der Waals surface area (Å²) >= 11 is 0. The van der Waals surface area contributed by atoms with E-state index in [-0.39, 0.29) is 17.7 Å². The highest BCUT2D eigenvalue weighted by Gasteiger charge is 2.34. The fourth-order valence-corrected chi connectivity index (χ4v) is 5.39. The van der Waals surface area contributed by atoms with E-state index in [9.17, 15) is 14.0 Å². The van der Waals surface area contributed by atoms with Crippen LogP contribution in [0.3, 0.4) is 0 Å². The number of esters is 1. The molecule has 4 rings (SSSR count). The lowest BCUT2D eigenvalue weighted by molar-refractivity contribution is -0.134. The molecule has 1 amide bonds. The van der Waals surface area contributed by atoms with Crippen molar-refractivity contribution >= 4 is 29.3 Å². The summed E-state index contributed by atoms with van der Waals surface area (Å²) in [4.78, 5) is 29.5. The van der Waals surface area contributed by atoms with Crippen molar-refractivity contribution < 1.29 is 18.7 Å². The van der Waals surface area contributed by atoms with Crippen LogP contribution in [0.25, 0.3) is 17.2 Å². The average molecular weight is 543 g/mol. The fourth-order valence-electron chi connectivity index (χ4n) is 5.39. The zero-order valence-corrected chi connectivity index (χ0v) is 24.1. The summed E-state index contributed by atoms with van der Waals surface area (Å²) in [6, 6.07) is 21.0. The van der Waals surface area contributed by atoms with E-state index in [0.29, 0.717) is 23.7 Å². The second kappa shape index (κ2) is 12.9. The summed E-state index contributed by atoms with van der Waals surface area (Å²) in [5.74, 6) is -0.393. The topological polar surface area (TPSA) is 49.9 Å². The monoisotopic (exact) mass is 542 g/mol. The van der Waals surface area contributed by atoms with E-state index >= 15 is 0 Å². The van der Waals surface area contributed by atoms with Gasteiger partial charge in [-0.25, -0.2) is 9.18 Å². The van der Waals surface area contributed by atoms with Gasteiger partial charge in [0, 0.05) is 37.5 Å². The average Bonchev–Trinajstić information content (AvgIpc) is 2.95. The SMILES string of the molecule is COC(=O)/C=C/c1cc(F)cc(N(Cc2ccc(-c3ccc(N(C)C)cc3)cc2)C(=O)C2CC(C)CCC2C)c1. The lowest BCUT2D eigenvalue weighted by atomic mass is 9.75. The second-order valence-electron chi connectivity index (χ2n) is 11.2. The van der Waals surface area contributed by atoms with Crippen molar-refractivity contribution in [2.75, 3.05) is 31.0 Å². The van der Waals surface area contributed by atoms with Crippen LogP contribution in [0.2, 0.25) is 0 Å². The van der Waals surface area contributed by atoms with Crippen molar-refractivity contribution in [1.29, 1.82) is 0 Å². The van der Waals surface area contributed by atoms with E-state index in [1.165, 1.54) is 31.4 Å². The van der Waals surface area contributed by atoms with Gasteiger partial charge in [0.15, 0.2) is 0 Å². The zero-order valence-electron chi connectivity index (χ0n) is 24.1. The molecule has 0 heterocycles. The zero-order chi connectivity index (χ0) is 28.8. The molecule has 0 N–H and O–H groups in total. The number of rotatable bonds is 8. The Balaban J connectivity index is 1.65. The van der Waals surface area contributed by atoms with Crippen LogP contribution in [-0.4, -0.2) is 33.1 Å². The minimum absolute atomic E-state index is 0.0101. The molecule has 1 saturated carbocycles. The molecule has 3 aromatic carbocycles. The van der Waals surface area contributed by atoms with Crippen molar-refractivity contribution in [3.63, 3.8) is 0 Å². The van der Waals surface area contributed by atoms with Gasteiger partial charge in [-0.3, -0.25) is 4.79 Å². The molecule has 3 atom stereocenters. The van der Waals surface area contributed by atoms with E-state index in [0.717, 1.165) is 41.6 Å². The van der Waals surface area contributed by atoms with Crippen molar-refractivity contribution in [2.24, 2.45) is 17.8 Å². The predicted octanol–water partition coefficient (Wildman–Crippen LogP) is 7.35. The lowest BCUT2D eigenvalue weighted by Gasteiger charge is -2.36. The molecule has 0 aliphatic heterocycles. The highest BCUT2D eigenvalue weighted by atomic mass is 19.1. The molecule has 6 heteroatoms. The first-order chi connectivity index (χ1) is 19.1. The number of benzene rings is 3. The van der Waals surface area contributed by atoms with Gasteiger partial charge in [-0.15, -0.1) is 0 Å². The van der Waals surface area contributed by atoms with Gasteiger partial charge >= 0.3 is 5.97 Å². The molecule has 1 aliphatic carbocycles. The first-order valence-electron chi connectivity index (χ1n) is 13.9. The molecule has 0 aromatic heterocycles. The van der Waals surface area contributed by atoms with Crippen LogP contribution in [0.15, 0.2) is 72.8 Å². The van der Waals surface area contributed by atoms with Crippen LogP contribution in [0.4, 0.5) is 15.8 Å². The molecule has 1 fully saturated rings. The van der Waals surface area contributed by atoms with Crippen LogP contribution >= 0.6 is 0 Å². The maximum absolute atomic E-state index is 14.8. The summed E-state index contributed by atoms with van der Waals surface area (Å²) < 4.78 is 19.5. The molecule has 5 nitrogen and oxygen atoms in total. The first kappa shape index (κ1) is 29.1. The number of hydrogen-bond acceptors (Lipinski definition) is 4. The van der Waals surface area contributed by atoms with Crippen LogP contribution in [0.5, 0.6) is 0 Å². The number of carbonyl (C=O) groups is 2. The van der Waals surface area contributed by atoms with Gasteiger partial charge in [-0.05, 0) is 83.3 Å². The fraction of sp³-hybridized carbons (Fsp3) is 0.353. The number of ether oxygens (including phenoxy) is 1. The van der Waals surface area contributed by atoms with Crippen molar-refractivity contribution in [3.05, 3.63) is 89.8 Å². The predicted molar refractivity (Wildman–Crippen MR) is 161 cm³/mol. The minimum atomic E-state index is -0.528. The van der Waals surface area contributed by atoms with Crippen LogP contribution < -0.4 is 9.80 Å². The molecule has 3 aromatic rings. The molecule has 3 unspecified atom stereocenters. The third-order valence-corrected chi connectivity index (χ3v) is 7.88. The Labute approximate surface area is 237 Å². The van der Waals surface area contributed by atoms with Gasteiger partial charge < -0.3 is 14.5 Å². The minimum Gasteiger partial charge on any atom is -0.466 e. The molecule has 0 spiro atoms. The number of methoxy groups -OCH3 is 1. The quantitative estimate of drug-likeness (QED) is 0.221. The van der Waals surface area contributed by atoms with Crippen molar-refractivity contribution in [1.82, 2.24) is 0 Å². The summed E-state index contributed by atoms with van der Waals surface area (Å²) in [6.45, 7) is 4.65. The second-order valence-corrected chi connectivity index (χ2v) is 11.2. The number of nitrogens with zero attached hydrogens (tertiary/aromatic N) is 2. The van der Waals surface area contributed by atoms with Gasteiger partial charge in [0.1, 0.15) is 5.82 Å². The Kier molecular flexibility index (Phi) is 9.41. The number of hydrogen-bond donors (Lipinski definition) is 0. The van der Waals surface area contributed by atoms with Gasteiger partial charge in [0.05, 0.1) is 13.7 Å². The van der Waals surface area contributed by atoms with Crippen molar-refractivity contribution in [3.8, 4) is 11.1 Å². The van der Waals surface area contributed by atoms with Crippen molar-refractivity contribution in [2.45, 2.75) is 39.7 Å². The van der Waals surface area contributed by atoms with E-state index < -0.39 is 11.8 Å². The summed E-state index contributed by atoms with van der Waals surface area (Å²) in [6.07, 6.45) is 5.69. The number of amides is 1. The largest absolute Gasteiger partial charge is 0.466 e. The molecule has 0 radical (unpaired) electrons. The van der Waals surface area contributed by atoms with Gasteiger partial charge in [-0.2, -0.15) is 0 Å². The lowest BCUT2D eigenvalue weighted by Crippen LogP contribution is -2.40. The molecule has 0 saturated heterocycles. The molecule has 210 valence electrons. The maximum atomic E-state index is 14.8. The van der Waals surface area contributed by atoms with Crippen LogP contribution in [-0.2, 0) is 20.9 Å². The van der Waals surface area contributed by atoms with E-state index in [1.807, 2.05) is 26.2 Å². The Morgan fingerprint density at radius 2 is 1.57 bits per heavy atom. The first-order valence-corrected chi connectivity index (χ1v) is 13.9. The highest BCUT2D eigenvalue weighted by molar-refractivity contribution is 5.96. The molecule has 40 heavy (non-hydrogen) atoms. The highest BCUT2D eigenvalue weighted by Crippen LogP contribution is 2.36. The summed E-state index contributed by atoms with van der Waals surface area (Å²) in [5, 5.41) is 0. The smallest absolute Gasteiger partial charge is 0.330 e. The Morgan fingerprint density at radius 3 is 2.20 bits per heavy atom. The van der Waals surface area contributed by atoms with E-state index in [1.54, 1.807) is 11.0 Å². The van der Waals surface area contributed by atoms with Crippen LogP contribution in [0.1, 0.15) is 44.2 Å². The summed E-state index contributed by atoms with van der Waals surface area (Å²) in [7, 11) is 5.33. The third kappa shape index (κ3) is 7.17. The van der Waals surface area contributed by atoms with E-state index in [2.05, 4.69) is 59.9 Å². The molecule has 0 bridgehead atoms. The van der Waals surface area contributed by atoms with Gasteiger partial charge in [0.25, 0.3) is 0 Å². The van der Waals surface area contributed by atoms with E-state index in [4.69, 9.17) is 0 Å². The summed E-state index contributed by atoms with van der Waals surface area (Å²) in [5.41, 5.74) is 5.25. The Hall–Kier alpha value is -3.93. The number of carbonyl (C=O) groups excluding carboxylic acids is 2. The third-order valence-electron chi connectivity index (χ3n) is 7.88. The van der Waals surface area contributed by atoms with Crippen LogP contribution in [0, 0.1) is 23.6 Å². The standard InChI is InChI=1S/C34H39FN2O3/c1-23-6-7-24(2)32(18-23)34(39)37(31-20-26(19-29(35)21-31)10-17-33(38)40-5)22-25-8-11-27(12-9-25)28-13-15-30(16-14-28)36(3)4/h8-17,19-21,23-24,32H,6-7,18,22H2,1-5H3/b17-10+. The Bertz CT molecular complexity index is 1350.